The van der Waals surface area contributed by atoms with Crippen molar-refractivity contribution >= 4 is 23.6 Å². The molecule has 8 nitrogen and oxygen atoms in total. The second-order valence-corrected chi connectivity index (χ2v) is 3.98. The highest BCUT2D eigenvalue weighted by atomic mass is 16.2. The Kier molecular flexibility index (Phi) is 7.16. The molecule has 0 aromatic heterocycles. The molecule has 4 N–H and O–H groups in total. The Morgan fingerprint density at radius 3 is 1.79 bits per heavy atom. The van der Waals surface area contributed by atoms with Gasteiger partial charge in [-0.3, -0.25) is 19.2 Å². The lowest BCUT2D eigenvalue weighted by Crippen LogP contribution is -2.51. The van der Waals surface area contributed by atoms with Crippen LogP contribution >= 0.6 is 0 Å². The Hall–Kier alpha value is -2.12. The van der Waals surface area contributed by atoms with Crippen LogP contribution in [0.25, 0.3) is 0 Å². The molecule has 0 saturated carbocycles. The summed E-state index contributed by atoms with van der Waals surface area (Å²) in [5, 5.41) is 9.49. The van der Waals surface area contributed by atoms with Crippen molar-refractivity contribution in [3.8, 4) is 0 Å². The lowest BCUT2D eigenvalue weighted by atomic mass is 10.2. The second kappa shape index (κ2) is 8.06. The molecule has 2 unspecified atom stereocenters. The van der Waals surface area contributed by atoms with Gasteiger partial charge in [0.25, 0.3) is 0 Å². The van der Waals surface area contributed by atoms with Gasteiger partial charge in [0.2, 0.25) is 23.6 Å². The lowest BCUT2D eigenvalue weighted by Gasteiger charge is -2.17. The Morgan fingerprint density at radius 1 is 0.789 bits per heavy atom. The molecule has 0 rings (SSSR count). The van der Waals surface area contributed by atoms with Gasteiger partial charge in [-0.15, -0.1) is 0 Å². The fourth-order valence-electron chi connectivity index (χ4n) is 1.21. The van der Waals surface area contributed by atoms with E-state index < -0.39 is 29.8 Å². The predicted molar refractivity (Wildman–Crippen MR) is 68.0 cm³/mol. The second-order valence-electron chi connectivity index (χ2n) is 3.98. The molecule has 8 heteroatoms. The van der Waals surface area contributed by atoms with E-state index in [-0.39, 0.29) is 12.3 Å². The molecular weight excluding hydrogens is 252 g/mol. The van der Waals surface area contributed by atoms with Gasteiger partial charge in [-0.05, 0) is 13.8 Å². The minimum Gasteiger partial charge on any atom is -0.359 e. The minimum absolute atomic E-state index is 0.336. The van der Waals surface area contributed by atoms with Gasteiger partial charge in [-0.2, -0.15) is 0 Å². The predicted octanol–water partition coefficient (Wildman–Crippen LogP) is -2.12. The normalized spacial score (nSPS) is 12.8. The molecule has 19 heavy (non-hydrogen) atoms. The summed E-state index contributed by atoms with van der Waals surface area (Å²) in [5.74, 6) is -1.84. The van der Waals surface area contributed by atoms with E-state index in [4.69, 9.17) is 0 Å². The van der Waals surface area contributed by atoms with Crippen LogP contribution in [-0.2, 0) is 19.2 Å². The van der Waals surface area contributed by atoms with Gasteiger partial charge in [-0.25, -0.2) is 0 Å². The lowest BCUT2D eigenvalue weighted by molar-refractivity contribution is -0.133. The molecule has 0 aliphatic carbocycles. The first-order valence-corrected chi connectivity index (χ1v) is 5.83. The third-order valence-corrected chi connectivity index (χ3v) is 2.37. The summed E-state index contributed by atoms with van der Waals surface area (Å²) in [5.41, 5.74) is 0. The highest BCUT2D eigenvalue weighted by Crippen LogP contribution is 1.89. The highest BCUT2D eigenvalue weighted by molar-refractivity contribution is 5.99. The number of carbonyl (C=O) groups is 4. The third-order valence-electron chi connectivity index (χ3n) is 2.37. The fourth-order valence-corrected chi connectivity index (χ4v) is 1.21. The number of rotatable bonds is 6. The molecule has 0 saturated heterocycles. The molecule has 0 heterocycles. The monoisotopic (exact) mass is 272 g/mol. The molecule has 0 aromatic rings. The zero-order valence-electron chi connectivity index (χ0n) is 11.5. The van der Waals surface area contributed by atoms with Crippen molar-refractivity contribution in [2.45, 2.75) is 32.4 Å². The maximum atomic E-state index is 11.7. The molecule has 4 amide bonds. The number of carbonyl (C=O) groups excluding carboxylic acids is 4. The highest BCUT2D eigenvalue weighted by Gasteiger charge is 2.20. The van der Waals surface area contributed by atoms with Crippen LogP contribution in [0.3, 0.4) is 0 Å². The maximum absolute atomic E-state index is 11.7. The van der Waals surface area contributed by atoms with E-state index in [2.05, 4.69) is 21.3 Å². The quantitative estimate of drug-likeness (QED) is 0.413. The van der Waals surface area contributed by atoms with Gasteiger partial charge < -0.3 is 21.3 Å². The molecule has 2 atom stereocenters. The largest absolute Gasteiger partial charge is 0.359 e. The standard InChI is InChI=1S/C11H20N4O4/c1-6(10(18)13-4)15-11(19)7(2)14-9(17)5-8(16)12-3/h6-7H,5H2,1-4H3,(H,12,16)(H,13,18)(H,14,17)(H,15,19). The zero-order chi connectivity index (χ0) is 15.0. The van der Waals surface area contributed by atoms with Crippen LogP contribution in [-0.4, -0.2) is 49.8 Å². The van der Waals surface area contributed by atoms with Crippen LogP contribution in [0.15, 0.2) is 0 Å². The number of hydrogen-bond donors (Lipinski definition) is 4. The van der Waals surface area contributed by atoms with E-state index in [0.29, 0.717) is 0 Å². The maximum Gasteiger partial charge on any atom is 0.242 e. The number of nitrogens with one attached hydrogen (secondary N) is 4. The molecule has 108 valence electrons. The van der Waals surface area contributed by atoms with Crippen molar-refractivity contribution in [1.29, 1.82) is 0 Å². The van der Waals surface area contributed by atoms with Crippen molar-refractivity contribution in [2.24, 2.45) is 0 Å². The van der Waals surface area contributed by atoms with Gasteiger partial charge in [0.15, 0.2) is 0 Å². The van der Waals surface area contributed by atoms with Gasteiger partial charge in [0, 0.05) is 14.1 Å². The van der Waals surface area contributed by atoms with E-state index in [0.717, 1.165) is 0 Å². The van der Waals surface area contributed by atoms with Crippen LogP contribution in [0.4, 0.5) is 0 Å². The first-order valence-electron chi connectivity index (χ1n) is 5.83. The van der Waals surface area contributed by atoms with Crippen LogP contribution in [0.2, 0.25) is 0 Å². The fraction of sp³-hybridized carbons (Fsp3) is 0.636. The zero-order valence-corrected chi connectivity index (χ0v) is 11.5. The SMILES string of the molecule is CNC(=O)CC(=O)NC(C)C(=O)NC(C)C(=O)NC. The Labute approximate surface area is 111 Å². The molecule has 0 fully saturated rings. The average molecular weight is 272 g/mol. The van der Waals surface area contributed by atoms with Gasteiger partial charge in [-0.1, -0.05) is 0 Å². The van der Waals surface area contributed by atoms with E-state index in [9.17, 15) is 19.2 Å². The summed E-state index contributed by atoms with van der Waals surface area (Å²) in [6, 6.07) is -1.53. The summed E-state index contributed by atoms with van der Waals surface area (Å²) >= 11 is 0. The molecule has 0 aliphatic rings. The summed E-state index contributed by atoms with van der Waals surface area (Å²) in [6.45, 7) is 2.99. The third kappa shape index (κ3) is 6.39. The van der Waals surface area contributed by atoms with Crippen molar-refractivity contribution < 1.29 is 19.2 Å². The van der Waals surface area contributed by atoms with Crippen LogP contribution in [0.5, 0.6) is 0 Å². The van der Waals surface area contributed by atoms with Gasteiger partial charge in [0.1, 0.15) is 18.5 Å². The smallest absolute Gasteiger partial charge is 0.242 e. The number of hydrogen-bond acceptors (Lipinski definition) is 4. The van der Waals surface area contributed by atoms with Crippen LogP contribution in [0.1, 0.15) is 20.3 Å². The van der Waals surface area contributed by atoms with Gasteiger partial charge >= 0.3 is 0 Å². The van der Waals surface area contributed by atoms with Crippen LogP contribution in [0, 0.1) is 0 Å². The number of likely N-dealkylation sites (N-methyl/N-ethyl adjacent to an activating group) is 1. The van der Waals surface area contributed by atoms with Crippen molar-refractivity contribution in [2.75, 3.05) is 14.1 Å². The summed E-state index contributed by atoms with van der Waals surface area (Å²) < 4.78 is 0. The van der Waals surface area contributed by atoms with Crippen molar-refractivity contribution in [3.63, 3.8) is 0 Å². The number of amides is 4. The molecule has 0 bridgehead atoms. The molecule has 0 aliphatic heterocycles. The van der Waals surface area contributed by atoms with E-state index in [1.54, 1.807) is 0 Å². The van der Waals surface area contributed by atoms with Crippen molar-refractivity contribution in [1.82, 2.24) is 21.3 Å². The first-order chi connectivity index (χ1) is 8.81. The summed E-state index contributed by atoms with van der Waals surface area (Å²) in [4.78, 5) is 45.2. The van der Waals surface area contributed by atoms with E-state index >= 15 is 0 Å². The summed E-state index contributed by atoms with van der Waals surface area (Å²) in [6.07, 6.45) is -0.348. The van der Waals surface area contributed by atoms with Crippen LogP contribution < -0.4 is 21.3 Å². The Balaban J connectivity index is 4.23. The van der Waals surface area contributed by atoms with E-state index in [1.165, 1.54) is 27.9 Å². The van der Waals surface area contributed by atoms with Gasteiger partial charge in [0.05, 0.1) is 0 Å². The molecule has 0 radical (unpaired) electrons. The Bertz CT molecular complexity index is 370. The average Bonchev–Trinajstić information content (AvgIpc) is 2.36. The van der Waals surface area contributed by atoms with E-state index in [1.807, 2.05) is 0 Å². The molecule has 0 aromatic carbocycles. The topological polar surface area (TPSA) is 116 Å². The Morgan fingerprint density at radius 2 is 1.32 bits per heavy atom. The minimum atomic E-state index is -0.829. The molecule has 0 spiro atoms. The first kappa shape index (κ1) is 16.9. The summed E-state index contributed by atoms with van der Waals surface area (Å²) in [7, 11) is 2.87. The molecular formula is C11H20N4O4. The van der Waals surface area contributed by atoms with Crippen molar-refractivity contribution in [3.05, 3.63) is 0 Å².